The maximum atomic E-state index is 12.2. The second-order valence-corrected chi connectivity index (χ2v) is 8.36. The van der Waals surface area contributed by atoms with Crippen LogP contribution in [0, 0.1) is 0 Å². The van der Waals surface area contributed by atoms with E-state index in [1.807, 2.05) is 12.1 Å². The molecule has 1 fully saturated rings. The molecule has 3 amide bonds. The van der Waals surface area contributed by atoms with E-state index in [4.69, 9.17) is 4.74 Å². The lowest BCUT2D eigenvalue weighted by Crippen LogP contribution is -2.50. The summed E-state index contributed by atoms with van der Waals surface area (Å²) in [5, 5.41) is 2.78. The Morgan fingerprint density at radius 3 is 2.10 bits per heavy atom. The van der Waals surface area contributed by atoms with Crippen molar-refractivity contribution in [1.29, 1.82) is 0 Å². The van der Waals surface area contributed by atoms with Crippen LogP contribution in [0.5, 0.6) is 5.75 Å². The van der Waals surface area contributed by atoms with Crippen LogP contribution in [0.15, 0.2) is 24.3 Å². The first kappa shape index (κ1) is 22.7. The molecule has 1 aliphatic rings. The summed E-state index contributed by atoms with van der Waals surface area (Å²) >= 11 is 0. The number of carbonyl (C=O) groups is 3. The third-order valence-corrected chi connectivity index (χ3v) is 5.06. The van der Waals surface area contributed by atoms with Crippen LogP contribution in [0.1, 0.15) is 46.1 Å². The Morgan fingerprint density at radius 2 is 1.55 bits per heavy atom. The lowest BCUT2D eigenvalue weighted by Gasteiger charge is -2.34. The quantitative estimate of drug-likeness (QED) is 0.706. The Morgan fingerprint density at radius 1 is 0.966 bits per heavy atom. The number of nitrogens with zero attached hydrogens (tertiary/aromatic N) is 2. The van der Waals surface area contributed by atoms with E-state index in [0.717, 1.165) is 5.75 Å². The molecular weight excluding hydrogens is 370 g/mol. The number of rotatable bonds is 7. The molecule has 2 rings (SSSR count). The van der Waals surface area contributed by atoms with Crippen LogP contribution >= 0.6 is 0 Å². The first-order valence-electron chi connectivity index (χ1n) is 10.2. The summed E-state index contributed by atoms with van der Waals surface area (Å²) in [7, 11) is 0. The van der Waals surface area contributed by atoms with Gasteiger partial charge in [0.1, 0.15) is 12.4 Å². The third kappa shape index (κ3) is 7.40. The van der Waals surface area contributed by atoms with E-state index in [2.05, 4.69) is 38.2 Å². The van der Waals surface area contributed by atoms with Gasteiger partial charge in [-0.3, -0.25) is 14.4 Å². The normalized spacial score (nSPS) is 14.5. The van der Waals surface area contributed by atoms with E-state index < -0.39 is 0 Å². The number of hydrogen-bond donors (Lipinski definition) is 1. The number of piperazine rings is 1. The molecule has 29 heavy (non-hydrogen) atoms. The average Bonchev–Trinajstić information content (AvgIpc) is 2.69. The predicted molar refractivity (Wildman–Crippen MR) is 112 cm³/mol. The van der Waals surface area contributed by atoms with Gasteiger partial charge in [-0.1, -0.05) is 32.9 Å². The maximum absolute atomic E-state index is 12.2. The number of ether oxygens (including phenoxy) is 1. The maximum Gasteiger partial charge on any atom is 0.223 e. The highest BCUT2D eigenvalue weighted by Gasteiger charge is 2.22. The van der Waals surface area contributed by atoms with Gasteiger partial charge in [-0.15, -0.1) is 0 Å². The molecule has 7 heteroatoms. The zero-order valence-corrected chi connectivity index (χ0v) is 18.0. The van der Waals surface area contributed by atoms with E-state index >= 15 is 0 Å². The van der Waals surface area contributed by atoms with Gasteiger partial charge in [0.2, 0.25) is 17.7 Å². The van der Waals surface area contributed by atoms with E-state index in [1.165, 1.54) is 12.5 Å². The minimum Gasteiger partial charge on any atom is -0.492 e. The molecule has 0 spiro atoms. The largest absolute Gasteiger partial charge is 0.492 e. The molecule has 0 radical (unpaired) electrons. The number of benzene rings is 1. The summed E-state index contributed by atoms with van der Waals surface area (Å²) in [5.41, 5.74) is 1.34. The first-order valence-corrected chi connectivity index (χ1v) is 10.2. The highest BCUT2D eigenvalue weighted by Crippen LogP contribution is 2.24. The van der Waals surface area contributed by atoms with Crippen LogP contribution in [0.3, 0.4) is 0 Å². The molecule has 0 atom stereocenters. The zero-order valence-electron chi connectivity index (χ0n) is 18.0. The molecule has 1 heterocycles. The lowest BCUT2D eigenvalue weighted by molar-refractivity contribution is -0.139. The second kappa shape index (κ2) is 10.3. The SMILES string of the molecule is CC(=O)N1CCN(C(=O)CCC(=O)NCCOc2ccc(C(C)(C)C)cc2)CC1. The zero-order chi connectivity index (χ0) is 21.4. The molecule has 1 saturated heterocycles. The summed E-state index contributed by atoms with van der Waals surface area (Å²) in [6.07, 6.45) is 0.340. The van der Waals surface area contributed by atoms with Gasteiger partial charge in [-0.2, -0.15) is 0 Å². The predicted octanol–water partition coefficient (Wildman–Crippen LogP) is 1.95. The Bertz CT molecular complexity index is 702. The van der Waals surface area contributed by atoms with Crippen molar-refractivity contribution in [2.45, 2.75) is 46.0 Å². The number of amides is 3. The Labute approximate surface area is 173 Å². The standard InChI is InChI=1S/C22H33N3O4/c1-17(26)24-12-14-25(15-13-24)21(28)10-9-20(27)23-11-16-29-19-7-5-18(6-8-19)22(2,3)4/h5-8H,9-16H2,1-4H3,(H,23,27). The van der Waals surface area contributed by atoms with Crippen molar-refractivity contribution in [1.82, 2.24) is 15.1 Å². The van der Waals surface area contributed by atoms with E-state index in [0.29, 0.717) is 39.3 Å². The highest BCUT2D eigenvalue weighted by molar-refractivity contribution is 5.84. The topological polar surface area (TPSA) is 79.0 Å². The molecule has 0 aromatic heterocycles. The summed E-state index contributed by atoms with van der Waals surface area (Å²) in [6, 6.07) is 7.98. The van der Waals surface area contributed by atoms with Crippen molar-refractivity contribution in [2.75, 3.05) is 39.3 Å². The summed E-state index contributed by atoms with van der Waals surface area (Å²) < 4.78 is 5.65. The van der Waals surface area contributed by atoms with Crippen molar-refractivity contribution in [3.8, 4) is 5.75 Å². The van der Waals surface area contributed by atoms with Crippen molar-refractivity contribution in [3.05, 3.63) is 29.8 Å². The Balaban J connectivity index is 1.60. The van der Waals surface area contributed by atoms with Crippen molar-refractivity contribution in [2.24, 2.45) is 0 Å². The smallest absolute Gasteiger partial charge is 0.223 e. The van der Waals surface area contributed by atoms with Crippen molar-refractivity contribution < 1.29 is 19.1 Å². The molecule has 0 saturated carbocycles. The monoisotopic (exact) mass is 403 g/mol. The summed E-state index contributed by atoms with van der Waals surface area (Å²) in [4.78, 5) is 38.9. The van der Waals surface area contributed by atoms with Gasteiger partial charge >= 0.3 is 0 Å². The van der Waals surface area contributed by atoms with Gasteiger partial charge < -0.3 is 19.9 Å². The molecule has 1 aliphatic heterocycles. The van der Waals surface area contributed by atoms with Gasteiger partial charge in [-0.05, 0) is 23.1 Å². The second-order valence-electron chi connectivity index (χ2n) is 8.36. The van der Waals surface area contributed by atoms with Crippen LogP contribution in [0.25, 0.3) is 0 Å². The van der Waals surface area contributed by atoms with Crippen LogP contribution in [-0.4, -0.2) is 66.9 Å². The summed E-state index contributed by atoms with van der Waals surface area (Å²) in [5.74, 6) is 0.599. The summed E-state index contributed by atoms with van der Waals surface area (Å²) in [6.45, 7) is 11.0. The lowest BCUT2D eigenvalue weighted by atomic mass is 9.87. The fourth-order valence-electron chi connectivity index (χ4n) is 3.15. The fourth-order valence-corrected chi connectivity index (χ4v) is 3.15. The minimum absolute atomic E-state index is 0.0313. The first-order chi connectivity index (χ1) is 13.7. The molecule has 1 aromatic rings. The van der Waals surface area contributed by atoms with Gasteiger partial charge in [0, 0.05) is 45.9 Å². The number of nitrogens with one attached hydrogen (secondary N) is 1. The number of carbonyl (C=O) groups excluding carboxylic acids is 3. The molecule has 0 bridgehead atoms. The molecule has 0 unspecified atom stereocenters. The van der Waals surface area contributed by atoms with E-state index in [-0.39, 0.29) is 36.0 Å². The van der Waals surface area contributed by atoms with Gasteiger partial charge in [-0.25, -0.2) is 0 Å². The van der Waals surface area contributed by atoms with E-state index in [1.54, 1.807) is 9.80 Å². The Kier molecular flexibility index (Phi) is 8.05. The molecule has 160 valence electrons. The minimum atomic E-state index is -0.160. The van der Waals surface area contributed by atoms with Crippen LogP contribution < -0.4 is 10.1 Å². The molecule has 1 aromatic carbocycles. The van der Waals surface area contributed by atoms with Crippen molar-refractivity contribution in [3.63, 3.8) is 0 Å². The van der Waals surface area contributed by atoms with E-state index in [9.17, 15) is 14.4 Å². The number of hydrogen-bond acceptors (Lipinski definition) is 4. The van der Waals surface area contributed by atoms with Gasteiger partial charge in [0.25, 0.3) is 0 Å². The molecular formula is C22H33N3O4. The third-order valence-electron chi connectivity index (χ3n) is 5.06. The molecule has 1 N–H and O–H groups in total. The average molecular weight is 404 g/mol. The molecule has 7 nitrogen and oxygen atoms in total. The highest BCUT2D eigenvalue weighted by atomic mass is 16.5. The van der Waals surface area contributed by atoms with Gasteiger partial charge in [0.05, 0.1) is 6.54 Å². The Hall–Kier alpha value is -2.57. The molecule has 0 aliphatic carbocycles. The van der Waals surface area contributed by atoms with Crippen LogP contribution in [0.2, 0.25) is 0 Å². The fraction of sp³-hybridized carbons (Fsp3) is 0.591. The van der Waals surface area contributed by atoms with Gasteiger partial charge in [0.15, 0.2) is 0 Å². The van der Waals surface area contributed by atoms with Crippen molar-refractivity contribution >= 4 is 17.7 Å². The van der Waals surface area contributed by atoms with Crippen LogP contribution in [0.4, 0.5) is 0 Å². The van der Waals surface area contributed by atoms with Crippen LogP contribution in [-0.2, 0) is 19.8 Å².